The first-order valence-electron chi connectivity index (χ1n) is 10.7. The Morgan fingerprint density at radius 3 is 2.41 bits per heavy atom. The zero-order valence-corrected chi connectivity index (χ0v) is 17.8. The van der Waals surface area contributed by atoms with Gasteiger partial charge < -0.3 is 15.5 Å². The van der Waals surface area contributed by atoms with Gasteiger partial charge in [-0.3, -0.25) is 14.6 Å². The number of piperazine rings is 1. The van der Waals surface area contributed by atoms with Crippen LogP contribution in [0, 0.1) is 0 Å². The molecule has 1 aliphatic rings. The molecule has 1 aromatic heterocycles. The number of guanidine groups is 1. The fourth-order valence-corrected chi connectivity index (χ4v) is 3.57. The number of hydrogen-bond donors (Lipinski definition) is 2. The summed E-state index contributed by atoms with van der Waals surface area (Å²) in [6, 6.07) is 10.9. The summed E-state index contributed by atoms with van der Waals surface area (Å²) in [6.45, 7) is 11.7. The van der Waals surface area contributed by atoms with E-state index in [1.165, 1.54) is 37.3 Å². The van der Waals surface area contributed by atoms with Crippen molar-refractivity contribution in [3.05, 3.63) is 53.9 Å². The van der Waals surface area contributed by atoms with Crippen molar-refractivity contribution in [2.45, 2.75) is 33.0 Å². The van der Waals surface area contributed by atoms with E-state index in [4.69, 9.17) is 0 Å². The Labute approximate surface area is 174 Å². The molecule has 158 valence electrons. The predicted octanol–water partition coefficient (Wildman–Crippen LogP) is 1.78. The van der Waals surface area contributed by atoms with E-state index < -0.39 is 0 Å². The molecule has 7 heteroatoms. The molecule has 0 radical (unpaired) electrons. The van der Waals surface area contributed by atoms with E-state index in [0.29, 0.717) is 0 Å². The zero-order chi connectivity index (χ0) is 20.3. The summed E-state index contributed by atoms with van der Waals surface area (Å²) in [5.74, 6) is 0.836. The highest BCUT2D eigenvalue weighted by molar-refractivity contribution is 5.79. The normalized spacial score (nSPS) is 16.1. The SMILES string of the molecule is CCN1CCN(Cc2ccc(CNC(=NC)NCCCn3cccn3)cc2)CC1. The molecule has 0 spiro atoms. The lowest BCUT2D eigenvalue weighted by Gasteiger charge is -2.34. The van der Waals surface area contributed by atoms with Gasteiger partial charge in [-0.1, -0.05) is 31.2 Å². The molecule has 2 N–H and O–H groups in total. The zero-order valence-electron chi connectivity index (χ0n) is 17.8. The number of hydrogen-bond acceptors (Lipinski definition) is 4. The van der Waals surface area contributed by atoms with Gasteiger partial charge >= 0.3 is 0 Å². The highest BCUT2D eigenvalue weighted by atomic mass is 15.3. The topological polar surface area (TPSA) is 60.7 Å². The van der Waals surface area contributed by atoms with Crippen LogP contribution in [0.3, 0.4) is 0 Å². The average molecular weight is 398 g/mol. The first-order chi connectivity index (χ1) is 14.3. The fraction of sp³-hybridized carbons (Fsp3) is 0.545. The van der Waals surface area contributed by atoms with Gasteiger partial charge in [-0.25, -0.2) is 0 Å². The van der Waals surface area contributed by atoms with Crippen LogP contribution < -0.4 is 10.6 Å². The van der Waals surface area contributed by atoms with Crippen LogP contribution >= 0.6 is 0 Å². The summed E-state index contributed by atoms with van der Waals surface area (Å²) in [6.07, 6.45) is 4.80. The van der Waals surface area contributed by atoms with Crippen molar-refractivity contribution in [3.63, 3.8) is 0 Å². The highest BCUT2D eigenvalue weighted by Crippen LogP contribution is 2.10. The van der Waals surface area contributed by atoms with Crippen LogP contribution in [-0.4, -0.2) is 71.9 Å². The second-order valence-electron chi connectivity index (χ2n) is 7.50. The first kappa shape index (κ1) is 21.3. The number of nitrogens with zero attached hydrogens (tertiary/aromatic N) is 5. The molecule has 0 bridgehead atoms. The van der Waals surface area contributed by atoms with E-state index >= 15 is 0 Å². The summed E-state index contributed by atoms with van der Waals surface area (Å²) < 4.78 is 1.95. The average Bonchev–Trinajstić information content (AvgIpc) is 3.28. The van der Waals surface area contributed by atoms with E-state index in [1.54, 1.807) is 0 Å². The summed E-state index contributed by atoms with van der Waals surface area (Å²) in [4.78, 5) is 9.37. The van der Waals surface area contributed by atoms with Gasteiger partial charge in [-0.2, -0.15) is 5.10 Å². The molecular formula is C22H35N7. The molecule has 0 unspecified atom stereocenters. The van der Waals surface area contributed by atoms with Gasteiger partial charge in [0.15, 0.2) is 5.96 Å². The fourth-order valence-electron chi connectivity index (χ4n) is 3.57. The van der Waals surface area contributed by atoms with Crippen LogP contribution in [0.5, 0.6) is 0 Å². The van der Waals surface area contributed by atoms with Crippen molar-refractivity contribution in [2.24, 2.45) is 4.99 Å². The van der Waals surface area contributed by atoms with Crippen LogP contribution in [0.25, 0.3) is 0 Å². The number of rotatable bonds is 9. The van der Waals surface area contributed by atoms with Gasteiger partial charge in [0.2, 0.25) is 0 Å². The number of nitrogens with one attached hydrogen (secondary N) is 2. The number of aryl methyl sites for hydroxylation is 1. The molecule has 1 saturated heterocycles. The van der Waals surface area contributed by atoms with Crippen LogP contribution in [0.1, 0.15) is 24.5 Å². The monoisotopic (exact) mass is 397 g/mol. The minimum Gasteiger partial charge on any atom is -0.356 e. The van der Waals surface area contributed by atoms with Gasteiger partial charge in [0, 0.05) is 71.8 Å². The molecule has 29 heavy (non-hydrogen) atoms. The Kier molecular flexibility index (Phi) is 8.52. The maximum Gasteiger partial charge on any atom is 0.191 e. The Balaban J connectivity index is 1.35. The van der Waals surface area contributed by atoms with Crippen molar-refractivity contribution in [1.82, 2.24) is 30.2 Å². The summed E-state index contributed by atoms with van der Waals surface area (Å²) in [7, 11) is 1.81. The first-order valence-corrected chi connectivity index (χ1v) is 10.7. The molecule has 1 aliphatic heterocycles. The lowest BCUT2D eigenvalue weighted by molar-refractivity contribution is 0.132. The second kappa shape index (κ2) is 11.6. The third-order valence-electron chi connectivity index (χ3n) is 5.44. The maximum absolute atomic E-state index is 4.31. The summed E-state index contributed by atoms with van der Waals surface area (Å²) in [5, 5.41) is 11.0. The standard InChI is InChI=1S/C22H35N7/c1-3-27-14-16-28(17-15-27)19-21-8-6-20(7-9-21)18-25-22(23-2)24-10-4-12-29-13-5-11-26-29/h5-9,11,13H,3-4,10,12,14-19H2,1-2H3,(H2,23,24,25). The number of aromatic nitrogens is 2. The Morgan fingerprint density at radius 2 is 1.76 bits per heavy atom. The molecule has 1 fully saturated rings. The number of aliphatic imine (C=N–C) groups is 1. The summed E-state index contributed by atoms with van der Waals surface area (Å²) in [5.41, 5.74) is 2.66. The number of benzene rings is 1. The molecule has 0 atom stereocenters. The van der Waals surface area contributed by atoms with E-state index in [-0.39, 0.29) is 0 Å². The van der Waals surface area contributed by atoms with Crippen LogP contribution in [-0.2, 0) is 19.6 Å². The third-order valence-corrected chi connectivity index (χ3v) is 5.44. The highest BCUT2D eigenvalue weighted by Gasteiger charge is 2.15. The molecule has 1 aromatic carbocycles. The molecule has 2 heterocycles. The van der Waals surface area contributed by atoms with Crippen molar-refractivity contribution >= 4 is 5.96 Å². The molecular weight excluding hydrogens is 362 g/mol. The van der Waals surface area contributed by atoms with Gasteiger partial charge in [-0.15, -0.1) is 0 Å². The minimum absolute atomic E-state index is 0.772. The van der Waals surface area contributed by atoms with E-state index in [9.17, 15) is 0 Å². The van der Waals surface area contributed by atoms with Gasteiger partial charge in [0.05, 0.1) is 0 Å². The third kappa shape index (κ3) is 7.18. The van der Waals surface area contributed by atoms with E-state index in [1.807, 2.05) is 30.2 Å². The minimum atomic E-state index is 0.772. The van der Waals surface area contributed by atoms with Crippen molar-refractivity contribution < 1.29 is 0 Å². The molecule has 0 saturated carbocycles. The van der Waals surface area contributed by atoms with Gasteiger partial charge in [0.25, 0.3) is 0 Å². The quantitative estimate of drug-likeness (QED) is 0.384. The Bertz CT molecular complexity index is 716. The van der Waals surface area contributed by atoms with Crippen LogP contribution in [0.4, 0.5) is 0 Å². The molecule has 3 rings (SSSR count). The molecule has 2 aromatic rings. The van der Waals surface area contributed by atoms with Gasteiger partial charge in [0.1, 0.15) is 0 Å². The lowest BCUT2D eigenvalue weighted by atomic mass is 10.1. The molecule has 0 aliphatic carbocycles. The number of likely N-dealkylation sites (N-methyl/N-ethyl adjacent to an activating group) is 1. The largest absolute Gasteiger partial charge is 0.356 e. The van der Waals surface area contributed by atoms with Gasteiger partial charge in [-0.05, 0) is 30.2 Å². The predicted molar refractivity (Wildman–Crippen MR) is 119 cm³/mol. The van der Waals surface area contributed by atoms with E-state index in [2.05, 4.69) is 61.7 Å². The maximum atomic E-state index is 4.31. The molecule has 0 amide bonds. The summed E-state index contributed by atoms with van der Waals surface area (Å²) >= 11 is 0. The van der Waals surface area contributed by atoms with Crippen molar-refractivity contribution in [2.75, 3.05) is 46.3 Å². The molecule has 7 nitrogen and oxygen atoms in total. The van der Waals surface area contributed by atoms with E-state index in [0.717, 1.165) is 45.1 Å². The van der Waals surface area contributed by atoms with Crippen LogP contribution in [0.2, 0.25) is 0 Å². The lowest BCUT2D eigenvalue weighted by Crippen LogP contribution is -2.45. The second-order valence-corrected chi connectivity index (χ2v) is 7.50. The Hall–Kier alpha value is -2.38. The van der Waals surface area contributed by atoms with Crippen LogP contribution in [0.15, 0.2) is 47.7 Å². The Morgan fingerprint density at radius 1 is 1.03 bits per heavy atom. The smallest absolute Gasteiger partial charge is 0.191 e. The van der Waals surface area contributed by atoms with Crippen molar-refractivity contribution in [3.8, 4) is 0 Å². The van der Waals surface area contributed by atoms with Crippen molar-refractivity contribution in [1.29, 1.82) is 0 Å².